The number of rotatable bonds is 2. The summed E-state index contributed by atoms with van der Waals surface area (Å²) in [6, 6.07) is 17.0. The van der Waals surface area contributed by atoms with E-state index < -0.39 is 0 Å². The molecular weight excluding hydrogens is 416 g/mol. The zero-order valence-corrected chi connectivity index (χ0v) is 16.9. The summed E-state index contributed by atoms with van der Waals surface area (Å²) >= 11 is 3.43. The fraction of sp³-hybridized carbons (Fsp3) is 0.217. The van der Waals surface area contributed by atoms with Gasteiger partial charge in [-0.1, -0.05) is 34.1 Å². The third kappa shape index (κ3) is 2.65. The minimum atomic E-state index is -0.267. The van der Waals surface area contributed by atoms with E-state index in [-0.39, 0.29) is 11.8 Å². The summed E-state index contributed by atoms with van der Waals surface area (Å²) in [6.45, 7) is 2.04. The summed E-state index contributed by atoms with van der Waals surface area (Å²) in [6.07, 6.45) is 3.62. The maximum Gasteiger partial charge on any atom is 0.265 e. The first kappa shape index (κ1) is 17.4. The summed E-state index contributed by atoms with van der Waals surface area (Å²) in [5.41, 5.74) is 2.88. The van der Waals surface area contributed by atoms with Gasteiger partial charge in [0, 0.05) is 45.1 Å². The lowest BCUT2D eigenvalue weighted by atomic mass is 9.92. The van der Waals surface area contributed by atoms with Crippen molar-refractivity contribution in [2.45, 2.75) is 19.3 Å². The molecule has 3 aromatic rings. The minimum Gasteiger partial charge on any atom is -0.371 e. The van der Waals surface area contributed by atoms with E-state index >= 15 is 0 Å². The van der Waals surface area contributed by atoms with Crippen LogP contribution < -0.4 is 9.80 Å². The zero-order valence-electron chi connectivity index (χ0n) is 15.3. The predicted molar refractivity (Wildman–Crippen MR) is 115 cm³/mol. The molecule has 0 aromatic heterocycles. The van der Waals surface area contributed by atoms with Gasteiger partial charge >= 0.3 is 0 Å². The Hall–Kier alpha value is -2.66. The molecule has 3 aromatic carbocycles. The average Bonchev–Trinajstić information content (AvgIpc) is 2.72. The van der Waals surface area contributed by atoms with Gasteiger partial charge in [-0.25, -0.2) is 4.90 Å². The maximum atomic E-state index is 13.3. The second-order valence-electron chi connectivity index (χ2n) is 7.33. The van der Waals surface area contributed by atoms with Gasteiger partial charge in [0.05, 0.1) is 5.69 Å². The SMILES string of the molecule is O=C1c2cccc3c(N4CCCCC4)ccc(c23)C(=O)N1c1cccc(Br)c1. The fourth-order valence-corrected chi connectivity index (χ4v) is 4.73. The molecule has 0 unspecified atom stereocenters. The number of anilines is 2. The second-order valence-corrected chi connectivity index (χ2v) is 8.25. The normalized spacial score (nSPS) is 16.8. The molecule has 1 saturated heterocycles. The zero-order chi connectivity index (χ0) is 19.3. The number of hydrogen-bond donors (Lipinski definition) is 0. The summed E-state index contributed by atoms with van der Waals surface area (Å²) in [5.74, 6) is -0.533. The Balaban J connectivity index is 1.69. The van der Waals surface area contributed by atoms with Gasteiger partial charge in [-0.2, -0.15) is 0 Å². The van der Waals surface area contributed by atoms with Crippen molar-refractivity contribution in [1.29, 1.82) is 0 Å². The van der Waals surface area contributed by atoms with Crippen molar-refractivity contribution in [3.8, 4) is 0 Å². The Morgan fingerprint density at radius 2 is 1.50 bits per heavy atom. The fourth-order valence-electron chi connectivity index (χ4n) is 4.34. The molecule has 0 aliphatic carbocycles. The maximum absolute atomic E-state index is 13.3. The van der Waals surface area contributed by atoms with Crippen LogP contribution in [-0.4, -0.2) is 24.9 Å². The van der Waals surface area contributed by atoms with Crippen LogP contribution in [-0.2, 0) is 0 Å². The monoisotopic (exact) mass is 434 g/mol. The predicted octanol–water partition coefficient (Wildman–Crippen LogP) is 5.39. The third-order valence-corrected chi connectivity index (χ3v) is 6.14. The van der Waals surface area contributed by atoms with Crippen molar-refractivity contribution in [1.82, 2.24) is 0 Å². The van der Waals surface area contributed by atoms with Gasteiger partial charge < -0.3 is 4.90 Å². The molecule has 0 N–H and O–H groups in total. The van der Waals surface area contributed by atoms with Gasteiger partial charge in [-0.15, -0.1) is 0 Å². The highest BCUT2D eigenvalue weighted by Crippen LogP contribution is 2.38. The van der Waals surface area contributed by atoms with Gasteiger partial charge in [0.2, 0.25) is 0 Å². The average molecular weight is 435 g/mol. The van der Waals surface area contributed by atoms with Crippen LogP contribution in [0.1, 0.15) is 40.0 Å². The van der Waals surface area contributed by atoms with Crippen molar-refractivity contribution >= 4 is 49.9 Å². The van der Waals surface area contributed by atoms with Crippen molar-refractivity contribution in [3.63, 3.8) is 0 Å². The molecule has 4 nitrogen and oxygen atoms in total. The Labute approximate surface area is 171 Å². The molecule has 0 bridgehead atoms. The lowest BCUT2D eigenvalue weighted by molar-refractivity contribution is 0.0893. The van der Waals surface area contributed by atoms with Gasteiger partial charge in [-0.05, 0) is 55.7 Å². The second kappa shape index (κ2) is 6.74. The third-order valence-electron chi connectivity index (χ3n) is 5.65. The van der Waals surface area contributed by atoms with Gasteiger partial charge in [0.25, 0.3) is 11.8 Å². The highest BCUT2D eigenvalue weighted by Gasteiger charge is 2.34. The summed E-state index contributed by atoms with van der Waals surface area (Å²) in [4.78, 5) is 30.2. The van der Waals surface area contributed by atoms with Crippen LogP contribution in [0.5, 0.6) is 0 Å². The van der Waals surface area contributed by atoms with Crippen LogP contribution in [0, 0.1) is 0 Å². The summed E-state index contributed by atoms with van der Waals surface area (Å²) < 4.78 is 0.829. The quantitative estimate of drug-likeness (QED) is 0.507. The topological polar surface area (TPSA) is 40.6 Å². The van der Waals surface area contributed by atoms with Crippen LogP contribution in [0.2, 0.25) is 0 Å². The molecular formula is C23H19BrN2O2. The van der Waals surface area contributed by atoms with E-state index in [2.05, 4.69) is 20.8 Å². The van der Waals surface area contributed by atoms with Gasteiger partial charge in [0.15, 0.2) is 0 Å². The highest BCUT2D eigenvalue weighted by atomic mass is 79.9. The van der Waals surface area contributed by atoms with Crippen LogP contribution >= 0.6 is 15.9 Å². The number of imide groups is 1. The first-order chi connectivity index (χ1) is 13.6. The van der Waals surface area contributed by atoms with E-state index in [1.165, 1.54) is 24.2 Å². The van der Waals surface area contributed by atoms with Crippen LogP contribution in [0.15, 0.2) is 59.1 Å². The summed E-state index contributed by atoms with van der Waals surface area (Å²) in [5, 5.41) is 1.78. The lowest BCUT2D eigenvalue weighted by Crippen LogP contribution is -2.40. The molecule has 0 saturated carbocycles. The van der Waals surface area contributed by atoms with Crippen molar-refractivity contribution in [3.05, 3.63) is 70.2 Å². The molecule has 5 heteroatoms. The molecule has 5 rings (SSSR count). The largest absolute Gasteiger partial charge is 0.371 e. The number of nitrogens with zero attached hydrogens (tertiary/aromatic N) is 2. The Kier molecular flexibility index (Phi) is 4.20. The first-order valence-corrected chi connectivity index (χ1v) is 10.4. The first-order valence-electron chi connectivity index (χ1n) is 9.60. The number of amides is 2. The Bertz CT molecular complexity index is 1100. The van der Waals surface area contributed by atoms with Crippen LogP contribution in [0.3, 0.4) is 0 Å². The van der Waals surface area contributed by atoms with E-state index in [1.54, 1.807) is 12.1 Å². The molecule has 0 radical (unpaired) electrons. The highest BCUT2D eigenvalue weighted by molar-refractivity contribution is 9.10. The van der Waals surface area contributed by atoms with Gasteiger partial charge in [-0.3, -0.25) is 9.59 Å². The van der Waals surface area contributed by atoms with Crippen LogP contribution in [0.25, 0.3) is 10.8 Å². The number of piperidine rings is 1. The smallest absolute Gasteiger partial charge is 0.265 e. The Morgan fingerprint density at radius 3 is 2.25 bits per heavy atom. The molecule has 2 heterocycles. The number of carbonyl (C=O) groups excluding carboxylic acids is 2. The number of carbonyl (C=O) groups is 2. The van der Waals surface area contributed by atoms with Gasteiger partial charge in [0.1, 0.15) is 0 Å². The molecule has 2 aliphatic heterocycles. The van der Waals surface area contributed by atoms with E-state index in [9.17, 15) is 9.59 Å². The lowest BCUT2D eigenvalue weighted by Gasteiger charge is -2.32. The van der Waals surface area contributed by atoms with E-state index in [0.717, 1.165) is 34.0 Å². The van der Waals surface area contributed by atoms with Crippen molar-refractivity contribution in [2.24, 2.45) is 0 Å². The molecule has 1 fully saturated rings. The molecule has 28 heavy (non-hydrogen) atoms. The van der Waals surface area contributed by atoms with Crippen molar-refractivity contribution < 1.29 is 9.59 Å². The number of hydrogen-bond acceptors (Lipinski definition) is 3. The molecule has 0 spiro atoms. The van der Waals surface area contributed by atoms with Crippen molar-refractivity contribution in [2.75, 3.05) is 22.9 Å². The molecule has 2 amide bonds. The number of benzene rings is 3. The van der Waals surface area contributed by atoms with E-state index in [0.29, 0.717) is 16.8 Å². The van der Waals surface area contributed by atoms with E-state index in [1.807, 2.05) is 42.5 Å². The summed E-state index contributed by atoms with van der Waals surface area (Å²) in [7, 11) is 0. The number of halogens is 1. The Morgan fingerprint density at radius 1 is 0.786 bits per heavy atom. The minimum absolute atomic E-state index is 0.267. The molecule has 0 atom stereocenters. The van der Waals surface area contributed by atoms with E-state index in [4.69, 9.17) is 0 Å². The molecule has 2 aliphatic rings. The van der Waals surface area contributed by atoms with Crippen LogP contribution in [0.4, 0.5) is 11.4 Å². The standard InChI is InChI=1S/C23H19BrN2O2/c24-15-6-4-7-16(14-15)26-22(27)18-9-5-8-17-20(25-12-2-1-3-13-25)11-10-19(21(17)18)23(26)28/h4-11,14H,1-3,12-13H2. The molecule has 140 valence electrons.